The van der Waals surface area contributed by atoms with Crippen LogP contribution in [0.1, 0.15) is 37.5 Å². The van der Waals surface area contributed by atoms with E-state index in [2.05, 4.69) is 15.9 Å². The van der Waals surface area contributed by atoms with Crippen molar-refractivity contribution in [3.8, 4) is 0 Å². The van der Waals surface area contributed by atoms with Crippen molar-refractivity contribution in [2.45, 2.75) is 40.4 Å². The molecule has 0 saturated carbocycles. The minimum absolute atomic E-state index is 0.0265. The summed E-state index contributed by atoms with van der Waals surface area (Å²) < 4.78 is 0. The van der Waals surface area contributed by atoms with Gasteiger partial charge < -0.3 is 20.8 Å². The van der Waals surface area contributed by atoms with Gasteiger partial charge in [-0.2, -0.15) is 0 Å². The summed E-state index contributed by atoms with van der Waals surface area (Å²) in [7, 11) is 4.22. The van der Waals surface area contributed by atoms with Crippen molar-refractivity contribution in [1.82, 2.24) is 20.8 Å². The van der Waals surface area contributed by atoms with Gasteiger partial charge in [0.05, 0.1) is 0 Å². The third-order valence-corrected chi connectivity index (χ3v) is 7.22. The van der Waals surface area contributed by atoms with E-state index in [0.717, 1.165) is 16.7 Å². The number of amides is 3. The molecule has 29 heavy (non-hydrogen) atoms. The van der Waals surface area contributed by atoms with Crippen molar-refractivity contribution in [1.29, 1.82) is 0 Å². The van der Waals surface area contributed by atoms with Gasteiger partial charge in [0.25, 0.3) is 0 Å². The molecular weight excluding hydrogens is 386 g/mol. The average molecular weight is 416 g/mol. The number of carbonyl (C=O) groups is 3. The predicted octanol–water partition coefficient (Wildman–Crippen LogP) is 1.69. The van der Waals surface area contributed by atoms with Crippen LogP contribution in [0.3, 0.4) is 0 Å². The molecular formula is C20H30BN4O3P. The lowest BCUT2D eigenvalue weighted by Crippen LogP contribution is -2.39. The van der Waals surface area contributed by atoms with Gasteiger partial charge >= 0.3 is 0 Å². The summed E-state index contributed by atoms with van der Waals surface area (Å²) in [5.74, 6) is -0.0311. The molecule has 0 aromatic heterocycles. The number of rotatable bonds is 9. The number of hydrogen-bond acceptors (Lipinski definition) is 4. The molecule has 2 radical (unpaired) electrons. The van der Waals surface area contributed by atoms with Crippen LogP contribution in [0.15, 0.2) is 18.2 Å². The van der Waals surface area contributed by atoms with Crippen molar-refractivity contribution in [2.24, 2.45) is 5.41 Å². The fraction of sp³-hybridized carbons (Fsp3) is 0.550. The molecule has 1 unspecified atom stereocenters. The maximum absolute atomic E-state index is 12.8. The molecule has 156 valence electrons. The third-order valence-electron chi connectivity index (χ3n) is 5.10. The maximum Gasteiger partial charge on any atom is 0.240 e. The Kier molecular flexibility index (Phi) is 8.23. The number of nitrogens with one attached hydrogen (secondary N) is 3. The lowest BCUT2D eigenvalue weighted by molar-refractivity contribution is -0.129. The van der Waals surface area contributed by atoms with Crippen molar-refractivity contribution in [3.05, 3.63) is 34.9 Å². The standard InChI is InChI=1S/C20H30BN4O3P/c1-14(26)25-11-16-7-5-6-15(17(16)12-25)10-23-18(27)20(2,3)13-29(4)19(28)22-8-9-24-21/h5-7,24H,8-13H2,1-4H3,(H,22,28)(H,23,27). The van der Waals surface area contributed by atoms with Gasteiger partial charge in [0.1, 0.15) is 0 Å². The highest BCUT2D eigenvalue weighted by atomic mass is 31.1. The van der Waals surface area contributed by atoms with E-state index < -0.39 is 13.3 Å². The van der Waals surface area contributed by atoms with E-state index in [4.69, 9.17) is 7.98 Å². The molecule has 1 aromatic carbocycles. The highest BCUT2D eigenvalue weighted by Gasteiger charge is 2.32. The smallest absolute Gasteiger partial charge is 0.240 e. The highest BCUT2D eigenvalue weighted by Crippen LogP contribution is 2.39. The summed E-state index contributed by atoms with van der Waals surface area (Å²) in [5, 5.41) is 8.34. The Hall–Kier alpha value is -1.92. The van der Waals surface area contributed by atoms with Gasteiger partial charge in [0.15, 0.2) is 7.98 Å². The van der Waals surface area contributed by atoms with Crippen molar-refractivity contribution in [2.75, 3.05) is 25.9 Å². The molecule has 0 bridgehead atoms. The SMILES string of the molecule is [B]NCCNC(=O)P(C)CC(C)(C)C(=O)NCc1cccc2c1CN(C(C)=O)C2. The fourth-order valence-corrected chi connectivity index (χ4v) is 5.26. The van der Waals surface area contributed by atoms with Gasteiger partial charge in [-0.1, -0.05) is 32.0 Å². The largest absolute Gasteiger partial charge is 0.365 e. The maximum atomic E-state index is 12.8. The molecule has 1 heterocycles. The van der Waals surface area contributed by atoms with Crippen LogP contribution < -0.4 is 15.9 Å². The molecule has 1 aliphatic heterocycles. The van der Waals surface area contributed by atoms with E-state index in [9.17, 15) is 14.4 Å². The van der Waals surface area contributed by atoms with E-state index in [1.54, 1.807) is 11.8 Å². The molecule has 0 spiro atoms. The lowest BCUT2D eigenvalue weighted by Gasteiger charge is -2.27. The van der Waals surface area contributed by atoms with Crippen molar-refractivity contribution in [3.63, 3.8) is 0 Å². The Bertz CT molecular complexity index is 772. The molecule has 3 N–H and O–H groups in total. The zero-order valence-corrected chi connectivity index (χ0v) is 18.6. The Morgan fingerprint density at radius 1 is 1.17 bits per heavy atom. The summed E-state index contributed by atoms with van der Waals surface area (Å²) in [4.78, 5) is 38.5. The molecule has 1 atom stereocenters. The van der Waals surface area contributed by atoms with Crippen LogP contribution in [-0.2, 0) is 29.2 Å². The van der Waals surface area contributed by atoms with Gasteiger partial charge in [-0.05, 0) is 37.4 Å². The van der Waals surface area contributed by atoms with Crippen LogP contribution in [0.2, 0.25) is 0 Å². The second-order valence-electron chi connectivity index (χ2n) is 8.04. The van der Waals surface area contributed by atoms with Crippen LogP contribution in [0.4, 0.5) is 4.79 Å². The van der Waals surface area contributed by atoms with Crippen molar-refractivity contribution >= 4 is 33.4 Å². The van der Waals surface area contributed by atoms with Gasteiger partial charge in [-0.3, -0.25) is 14.4 Å². The highest BCUT2D eigenvalue weighted by molar-refractivity contribution is 7.74. The van der Waals surface area contributed by atoms with Gasteiger partial charge in [-0.15, -0.1) is 0 Å². The zero-order chi connectivity index (χ0) is 21.6. The van der Waals surface area contributed by atoms with E-state index in [0.29, 0.717) is 38.9 Å². The normalized spacial score (nSPS) is 14.3. The Labute approximate surface area is 175 Å². The predicted molar refractivity (Wildman–Crippen MR) is 117 cm³/mol. The van der Waals surface area contributed by atoms with Crippen LogP contribution in [0.5, 0.6) is 0 Å². The minimum atomic E-state index is -0.985. The summed E-state index contributed by atoms with van der Waals surface area (Å²) in [6.45, 7) is 9.76. The quantitative estimate of drug-likeness (QED) is 0.325. The van der Waals surface area contributed by atoms with E-state index in [-0.39, 0.29) is 17.5 Å². The second-order valence-corrected chi connectivity index (χ2v) is 10.2. The first-order chi connectivity index (χ1) is 13.7. The Balaban J connectivity index is 1.93. The summed E-state index contributed by atoms with van der Waals surface area (Å²) in [6, 6.07) is 5.97. The van der Waals surface area contributed by atoms with Gasteiger partial charge in [0.2, 0.25) is 17.5 Å². The molecule has 9 heteroatoms. The van der Waals surface area contributed by atoms with E-state index >= 15 is 0 Å². The zero-order valence-electron chi connectivity index (χ0n) is 17.7. The number of hydrogen-bond donors (Lipinski definition) is 3. The van der Waals surface area contributed by atoms with Crippen LogP contribution in [0.25, 0.3) is 0 Å². The summed E-state index contributed by atoms with van der Waals surface area (Å²) >= 11 is 0. The number of benzene rings is 1. The molecule has 0 saturated heterocycles. The first kappa shape index (κ1) is 23.4. The van der Waals surface area contributed by atoms with Gasteiger partial charge in [0, 0.05) is 45.1 Å². The summed E-state index contributed by atoms with van der Waals surface area (Å²) in [6.07, 6.45) is 0.501. The summed E-state index contributed by atoms with van der Waals surface area (Å²) in [5.41, 5.74) is 2.59. The van der Waals surface area contributed by atoms with Crippen LogP contribution in [-0.4, -0.2) is 56.3 Å². The molecule has 0 fully saturated rings. The average Bonchev–Trinajstić information content (AvgIpc) is 3.11. The van der Waals surface area contributed by atoms with Crippen molar-refractivity contribution < 1.29 is 14.4 Å². The van der Waals surface area contributed by atoms with Crippen LogP contribution >= 0.6 is 7.92 Å². The third kappa shape index (κ3) is 6.28. The van der Waals surface area contributed by atoms with Crippen LogP contribution in [0, 0.1) is 5.41 Å². The number of carbonyl (C=O) groups excluding carboxylic acids is 3. The Morgan fingerprint density at radius 2 is 1.90 bits per heavy atom. The first-order valence-corrected chi connectivity index (χ1v) is 11.7. The number of nitrogens with zero attached hydrogens (tertiary/aromatic N) is 1. The number of fused-ring (bicyclic) bond motifs is 1. The molecule has 1 aromatic rings. The molecule has 1 aliphatic rings. The topological polar surface area (TPSA) is 90.5 Å². The lowest BCUT2D eigenvalue weighted by atomic mass is 9.95. The molecule has 7 nitrogen and oxygen atoms in total. The molecule has 3 amide bonds. The fourth-order valence-electron chi connectivity index (χ4n) is 3.41. The first-order valence-electron chi connectivity index (χ1n) is 9.71. The minimum Gasteiger partial charge on any atom is -0.365 e. The monoisotopic (exact) mass is 416 g/mol. The Morgan fingerprint density at radius 3 is 2.55 bits per heavy atom. The van der Waals surface area contributed by atoms with E-state index in [1.807, 2.05) is 38.7 Å². The van der Waals surface area contributed by atoms with Gasteiger partial charge in [-0.25, -0.2) is 0 Å². The second kappa shape index (κ2) is 10.2. The molecule has 0 aliphatic carbocycles. The molecule has 2 rings (SSSR count). The van der Waals surface area contributed by atoms with E-state index in [1.165, 1.54) is 0 Å².